The van der Waals surface area contributed by atoms with Crippen molar-refractivity contribution in [3.63, 3.8) is 0 Å². The number of hydrogen-bond donors (Lipinski definition) is 0. The average Bonchev–Trinajstić information content (AvgIpc) is 2.18. The van der Waals surface area contributed by atoms with Crippen molar-refractivity contribution in [1.29, 1.82) is 0 Å². The van der Waals surface area contributed by atoms with Gasteiger partial charge >= 0.3 is 0 Å². The van der Waals surface area contributed by atoms with Crippen LogP contribution < -0.4 is 0 Å². The van der Waals surface area contributed by atoms with Gasteiger partial charge in [-0.05, 0) is 58.9 Å². The van der Waals surface area contributed by atoms with Crippen LogP contribution in [0.5, 0.6) is 0 Å². The monoisotopic (exact) mass is 218 g/mol. The number of halogens is 1. The zero-order valence-corrected chi connectivity index (χ0v) is 10.3. The number of nitrogens with zero attached hydrogens (tertiary/aromatic N) is 2. The van der Waals surface area contributed by atoms with Crippen molar-refractivity contribution in [3.8, 4) is 0 Å². The Labute approximate surface area is 93.2 Å². The predicted octanol–water partition coefficient (Wildman–Crippen LogP) is 1.89. The van der Waals surface area contributed by atoms with Crippen LogP contribution in [0, 0.1) is 5.92 Å². The molecule has 0 aromatic carbocycles. The molecule has 0 aromatic rings. The molecule has 0 aliphatic carbocycles. The Hall–Kier alpha value is 0.210. The van der Waals surface area contributed by atoms with E-state index in [0.29, 0.717) is 0 Å². The maximum absolute atomic E-state index is 5.90. The zero-order chi connectivity index (χ0) is 10.4. The van der Waals surface area contributed by atoms with Gasteiger partial charge in [0.05, 0.1) is 0 Å². The molecule has 3 heteroatoms. The van der Waals surface area contributed by atoms with Crippen LogP contribution in [-0.2, 0) is 0 Å². The molecular weight excluding hydrogens is 196 g/mol. The van der Waals surface area contributed by atoms with E-state index in [2.05, 4.69) is 23.9 Å². The third kappa shape index (κ3) is 4.63. The standard InChI is InChI=1S/C11H23ClN2/c1-13(2)6-4-8-14-7-3-5-11(9-12)10-14/h11H,3-10H2,1-2H3. The first-order valence-corrected chi connectivity index (χ1v) is 6.19. The molecule has 0 radical (unpaired) electrons. The highest BCUT2D eigenvalue weighted by molar-refractivity contribution is 6.18. The van der Waals surface area contributed by atoms with Crippen molar-refractivity contribution in [2.45, 2.75) is 19.3 Å². The molecule has 0 aromatic heterocycles. The predicted molar refractivity (Wildman–Crippen MR) is 63.1 cm³/mol. The third-order valence-corrected chi connectivity index (χ3v) is 3.34. The molecule has 0 amide bonds. The van der Waals surface area contributed by atoms with Crippen LogP contribution in [0.25, 0.3) is 0 Å². The lowest BCUT2D eigenvalue weighted by Gasteiger charge is -2.31. The molecule has 1 atom stereocenters. The second-order valence-electron chi connectivity index (χ2n) is 4.62. The van der Waals surface area contributed by atoms with Crippen LogP contribution in [0.15, 0.2) is 0 Å². The topological polar surface area (TPSA) is 6.48 Å². The van der Waals surface area contributed by atoms with E-state index >= 15 is 0 Å². The smallest absolute Gasteiger partial charge is 0.0263 e. The summed E-state index contributed by atoms with van der Waals surface area (Å²) in [5.74, 6) is 1.58. The molecule has 1 heterocycles. The van der Waals surface area contributed by atoms with Crippen molar-refractivity contribution in [2.24, 2.45) is 5.92 Å². The van der Waals surface area contributed by atoms with Gasteiger partial charge in [0, 0.05) is 12.4 Å². The van der Waals surface area contributed by atoms with E-state index in [4.69, 9.17) is 11.6 Å². The minimum atomic E-state index is 0.741. The first-order valence-electron chi connectivity index (χ1n) is 5.65. The van der Waals surface area contributed by atoms with E-state index in [1.54, 1.807) is 0 Å². The Morgan fingerprint density at radius 3 is 2.86 bits per heavy atom. The van der Waals surface area contributed by atoms with Gasteiger partial charge < -0.3 is 9.80 Å². The number of hydrogen-bond acceptors (Lipinski definition) is 2. The van der Waals surface area contributed by atoms with Gasteiger partial charge in [0.15, 0.2) is 0 Å². The van der Waals surface area contributed by atoms with Crippen LogP contribution in [-0.4, -0.2) is 56.0 Å². The van der Waals surface area contributed by atoms with Crippen molar-refractivity contribution >= 4 is 11.6 Å². The van der Waals surface area contributed by atoms with Gasteiger partial charge in [0.2, 0.25) is 0 Å². The molecule has 1 aliphatic heterocycles. The van der Waals surface area contributed by atoms with E-state index in [-0.39, 0.29) is 0 Å². The fraction of sp³-hybridized carbons (Fsp3) is 1.00. The molecule has 1 unspecified atom stereocenters. The molecule has 1 aliphatic rings. The van der Waals surface area contributed by atoms with Crippen molar-refractivity contribution < 1.29 is 0 Å². The Kier molecular flexibility index (Phi) is 5.83. The van der Waals surface area contributed by atoms with Gasteiger partial charge in [0.1, 0.15) is 0 Å². The molecule has 1 saturated heterocycles. The summed E-state index contributed by atoms with van der Waals surface area (Å²) >= 11 is 5.90. The fourth-order valence-electron chi connectivity index (χ4n) is 2.09. The summed E-state index contributed by atoms with van der Waals surface area (Å²) in [6.45, 7) is 4.94. The maximum atomic E-state index is 5.90. The van der Waals surface area contributed by atoms with E-state index in [1.807, 2.05) is 0 Å². The number of alkyl halides is 1. The largest absolute Gasteiger partial charge is 0.309 e. The zero-order valence-electron chi connectivity index (χ0n) is 9.51. The molecule has 14 heavy (non-hydrogen) atoms. The van der Waals surface area contributed by atoms with Crippen molar-refractivity contribution in [2.75, 3.05) is 46.2 Å². The molecule has 1 rings (SSSR count). The maximum Gasteiger partial charge on any atom is 0.0263 e. The van der Waals surface area contributed by atoms with Gasteiger partial charge in [-0.25, -0.2) is 0 Å². The lowest BCUT2D eigenvalue weighted by atomic mass is 10.00. The van der Waals surface area contributed by atoms with E-state index in [0.717, 1.165) is 11.8 Å². The van der Waals surface area contributed by atoms with Crippen LogP contribution in [0.4, 0.5) is 0 Å². The quantitative estimate of drug-likeness (QED) is 0.651. The Morgan fingerprint density at radius 1 is 1.43 bits per heavy atom. The average molecular weight is 219 g/mol. The number of likely N-dealkylation sites (tertiary alicyclic amines) is 1. The van der Waals surface area contributed by atoms with Gasteiger partial charge in [-0.1, -0.05) is 0 Å². The van der Waals surface area contributed by atoms with Crippen LogP contribution in [0.1, 0.15) is 19.3 Å². The van der Waals surface area contributed by atoms with Crippen molar-refractivity contribution in [1.82, 2.24) is 9.80 Å². The summed E-state index contributed by atoms with van der Waals surface area (Å²) in [4.78, 5) is 4.82. The summed E-state index contributed by atoms with van der Waals surface area (Å²) in [6.07, 6.45) is 3.94. The summed E-state index contributed by atoms with van der Waals surface area (Å²) in [6, 6.07) is 0. The Balaban J connectivity index is 2.11. The van der Waals surface area contributed by atoms with Crippen LogP contribution in [0.3, 0.4) is 0 Å². The first kappa shape index (κ1) is 12.3. The molecule has 84 valence electrons. The molecule has 0 N–H and O–H groups in total. The van der Waals surface area contributed by atoms with E-state index in [1.165, 1.54) is 45.4 Å². The third-order valence-electron chi connectivity index (χ3n) is 2.90. The highest BCUT2D eigenvalue weighted by Gasteiger charge is 2.18. The van der Waals surface area contributed by atoms with Crippen molar-refractivity contribution in [3.05, 3.63) is 0 Å². The number of rotatable bonds is 5. The van der Waals surface area contributed by atoms with Gasteiger partial charge in [-0.3, -0.25) is 0 Å². The Morgan fingerprint density at radius 2 is 2.21 bits per heavy atom. The van der Waals surface area contributed by atoms with Crippen LogP contribution in [0.2, 0.25) is 0 Å². The molecule has 0 spiro atoms. The van der Waals surface area contributed by atoms with Gasteiger partial charge in [-0.15, -0.1) is 11.6 Å². The molecular formula is C11H23ClN2. The lowest BCUT2D eigenvalue weighted by Crippen LogP contribution is -2.37. The summed E-state index contributed by atoms with van der Waals surface area (Å²) in [5.41, 5.74) is 0. The highest BCUT2D eigenvalue weighted by atomic mass is 35.5. The summed E-state index contributed by atoms with van der Waals surface area (Å²) in [7, 11) is 4.27. The van der Waals surface area contributed by atoms with Crippen LogP contribution >= 0.6 is 11.6 Å². The molecule has 0 saturated carbocycles. The SMILES string of the molecule is CN(C)CCCN1CCCC(CCl)C1. The molecule has 1 fully saturated rings. The summed E-state index contributed by atoms with van der Waals surface area (Å²) in [5, 5.41) is 0. The van der Waals surface area contributed by atoms with E-state index < -0.39 is 0 Å². The highest BCUT2D eigenvalue weighted by Crippen LogP contribution is 2.17. The Bertz CT molecular complexity index is 150. The summed E-state index contributed by atoms with van der Waals surface area (Å²) < 4.78 is 0. The van der Waals surface area contributed by atoms with Gasteiger partial charge in [0.25, 0.3) is 0 Å². The molecule has 2 nitrogen and oxygen atoms in total. The second-order valence-corrected chi connectivity index (χ2v) is 4.93. The second kappa shape index (κ2) is 6.65. The first-order chi connectivity index (χ1) is 6.72. The van der Waals surface area contributed by atoms with Gasteiger partial charge in [-0.2, -0.15) is 0 Å². The molecule has 0 bridgehead atoms. The minimum Gasteiger partial charge on any atom is -0.309 e. The fourth-order valence-corrected chi connectivity index (χ4v) is 2.34. The number of piperidine rings is 1. The normalized spacial score (nSPS) is 24.4. The van der Waals surface area contributed by atoms with E-state index in [9.17, 15) is 0 Å². The minimum absolute atomic E-state index is 0.741. The lowest BCUT2D eigenvalue weighted by molar-refractivity contribution is 0.178.